The number of nitrogens with one attached hydrogen (secondary N) is 1. The Bertz CT molecular complexity index is 997. The predicted octanol–water partition coefficient (Wildman–Crippen LogP) is 4.40. The van der Waals surface area contributed by atoms with E-state index in [1.54, 1.807) is 33.3 Å². The van der Waals surface area contributed by atoms with Gasteiger partial charge in [0.05, 0.1) is 19.8 Å². The van der Waals surface area contributed by atoms with Crippen LogP contribution in [-0.4, -0.2) is 26.1 Å². The first-order valence-electron chi connectivity index (χ1n) is 9.48. The number of allylic oxidation sites excluding steroid dienone is 1. The van der Waals surface area contributed by atoms with Crippen LogP contribution >= 0.6 is 15.9 Å². The lowest BCUT2D eigenvalue weighted by atomic mass is 9.84. The predicted molar refractivity (Wildman–Crippen MR) is 116 cm³/mol. The summed E-state index contributed by atoms with van der Waals surface area (Å²) in [5, 5.41) is 2.75. The number of aryl methyl sites for hydroxylation is 1. The van der Waals surface area contributed by atoms with Crippen molar-refractivity contribution in [1.29, 1.82) is 0 Å². The summed E-state index contributed by atoms with van der Waals surface area (Å²) < 4.78 is 17.0. The van der Waals surface area contributed by atoms with Gasteiger partial charge >= 0.3 is 5.97 Å². The third-order valence-corrected chi connectivity index (χ3v) is 5.74. The number of amides is 1. The molecule has 1 heterocycles. The second kappa shape index (κ2) is 9.34. The van der Waals surface area contributed by atoms with Crippen LogP contribution in [0.3, 0.4) is 0 Å². The number of ether oxygens (including phenoxy) is 3. The molecule has 0 saturated heterocycles. The molecule has 3 rings (SSSR count). The fraction of sp³-hybridized carbons (Fsp3) is 0.304. The Morgan fingerprint density at radius 1 is 1.10 bits per heavy atom. The van der Waals surface area contributed by atoms with Crippen molar-refractivity contribution in [2.45, 2.75) is 32.8 Å². The first kappa shape index (κ1) is 21.9. The van der Waals surface area contributed by atoms with Crippen LogP contribution in [0.15, 0.2) is 52.1 Å². The molecular weight excluding hydrogens is 450 g/mol. The molecular formula is C23H24BrNO5. The molecule has 6 nitrogen and oxygen atoms in total. The molecule has 7 heteroatoms. The van der Waals surface area contributed by atoms with Gasteiger partial charge in [-0.05, 0) is 37.1 Å². The summed E-state index contributed by atoms with van der Waals surface area (Å²) in [4.78, 5) is 25.3. The van der Waals surface area contributed by atoms with Crippen LogP contribution in [0, 0.1) is 6.92 Å². The van der Waals surface area contributed by atoms with Gasteiger partial charge in [-0.1, -0.05) is 45.8 Å². The second-order valence-electron chi connectivity index (χ2n) is 7.13. The Kier molecular flexibility index (Phi) is 6.82. The molecule has 1 aliphatic rings. The molecule has 158 valence electrons. The number of methoxy groups -OCH3 is 2. The van der Waals surface area contributed by atoms with Crippen LogP contribution in [-0.2, 0) is 20.9 Å². The van der Waals surface area contributed by atoms with E-state index < -0.39 is 11.9 Å². The van der Waals surface area contributed by atoms with E-state index in [1.807, 2.05) is 31.2 Å². The minimum absolute atomic E-state index is 0.125. The summed E-state index contributed by atoms with van der Waals surface area (Å²) in [7, 11) is 3.09. The SMILES string of the molecule is COc1cc(Br)c([C@H]2CC(=O)NC(C)=C2C(=O)OCc2ccc(C)cc2)cc1OC. The largest absolute Gasteiger partial charge is 0.493 e. The van der Waals surface area contributed by atoms with Gasteiger partial charge in [-0.2, -0.15) is 0 Å². The number of rotatable bonds is 6. The average molecular weight is 474 g/mol. The first-order valence-corrected chi connectivity index (χ1v) is 10.3. The number of halogens is 1. The maximum atomic E-state index is 13.0. The lowest BCUT2D eigenvalue weighted by molar-refractivity contribution is -0.141. The van der Waals surface area contributed by atoms with Gasteiger partial charge in [-0.3, -0.25) is 4.79 Å². The normalized spacial score (nSPS) is 16.2. The monoisotopic (exact) mass is 473 g/mol. The molecule has 2 aromatic rings. The van der Waals surface area contributed by atoms with Gasteiger partial charge in [-0.25, -0.2) is 4.79 Å². The van der Waals surface area contributed by atoms with Gasteiger partial charge in [0.2, 0.25) is 5.91 Å². The van der Waals surface area contributed by atoms with E-state index in [0.717, 1.165) is 21.2 Å². The molecule has 1 aliphatic heterocycles. The third-order valence-electron chi connectivity index (χ3n) is 5.06. The minimum atomic E-state index is -0.474. The van der Waals surface area contributed by atoms with Crippen molar-refractivity contribution < 1.29 is 23.8 Å². The zero-order valence-corrected chi connectivity index (χ0v) is 19.0. The van der Waals surface area contributed by atoms with Gasteiger partial charge in [0.25, 0.3) is 0 Å². The Morgan fingerprint density at radius 2 is 1.73 bits per heavy atom. The summed E-state index contributed by atoms with van der Waals surface area (Å²) in [6.07, 6.45) is 0.125. The third kappa shape index (κ3) is 4.67. The van der Waals surface area contributed by atoms with E-state index in [-0.39, 0.29) is 18.9 Å². The summed E-state index contributed by atoms with van der Waals surface area (Å²) in [5.74, 6) is -0.0169. The number of benzene rings is 2. The summed E-state index contributed by atoms with van der Waals surface area (Å²) >= 11 is 3.54. The van der Waals surface area contributed by atoms with E-state index in [9.17, 15) is 9.59 Å². The molecule has 2 aromatic carbocycles. The lowest BCUT2D eigenvalue weighted by Crippen LogP contribution is -2.34. The van der Waals surface area contributed by atoms with Crippen LogP contribution in [0.2, 0.25) is 0 Å². The number of hydrogen-bond acceptors (Lipinski definition) is 5. The maximum Gasteiger partial charge on any atom is 0.336 e. The highest BCUT2D eigenvalue weighted by molar-refractivity contribution is 9.10. The number of carbonyl (C=O) groups is 2. The summed E-state index contributed by atoms with van der Waals surface area (Å²) in [5.41, 5.74) is 3.71. The van der Waals surface area contributed by atoms with E-state index in [4.69, 9.17) is 14.2 Å². The molecule has 0 saturated carbocycles. The smallest absolute Gasteiger partial charge is 0.336 e. The highest BCUT2D eigenvalue weighted by atomic mass is 79.9. The van der Waals surface area contributed by atoms with E-state index >= 15 is 0 Å². The fourth-order valence-corrected chi connectivity index (χ4v) is 4.08. The van der Waals surface area contributed by atoms with Crippen LogP contribution in [0.1, 0.15) is 36.0 Å². The van der Waals surface area contributed by atoms with Crippen LogP contribution < -0.4 is 14.8 Å². The molecule has 0 fully saturated rings. The molecule has 0 aromatic heterocycles. The standard InChI is InChI=1S/C23H24BrNO5/c1-13-5-7-15(8-6-13)12-30-23(27)22-14(2)25-21(26)10-17(22)16-9-19(28-3)20(29-4)11-18(16)24/h5-9,11,17H,10,12H2,1-4H3,(H,25,26)/t17-/m1/s1. The zero-order chi connectivity index (χ0) is 21.8. The van der Waals surface area contributed by atoms with Crippen LogP contribution in [0.25, 0.3) is 0 Å². The lowest BCUT2D eigenvalue weighted by Gasteiger charge is -2.28. The Balaban J connectivity index is 1.93. The zero-order valence-electron chi connectivity index (χ0n) is 17.4. The van der Waals surface area contributed by atoms with Gasteiger partial charge in [0.15, 0.2) is 11.5 Å². The van der Waals surface area contributed by atoms with Crippen molar-refractivity contribution in [2.24, 2.45) is 0 Å². The molecule has 0 bridgehead atoms. The molecule has 0 radical (unpaired) electrons. The fourth-order valence-electron chi connectivity index (χ4n) is 3.48. The van der Waals surface area contributed by atoms with Crippen molar-refractivity contribution >= 4 is 27.8 Å². The number of carbonyl (C=O) groups excluding carboxylic acids is 2. The minimum Gasteiger partial charge on any atom is -0.493 e. The molecule has 0 spiro atoms. The molecule has 1 amide bonds. The Labute approximate surface area is 184 Å². The second-order valence-corrected chi connectivity index (χ2v) is 7.99. The average Bonchev–Trinajstić information content (AvgIpc) is 2.72. The molecule has 30 heavy (non-hydrogen) atoms. The summed E-state index contributed by atoms with van der Waals surface area (Å²) in [6, 6.07) is 11.3. The maximum absolute atomic E-state index is 13.0. The van der Waals surface area contributed by atoms with Crippen molar-refractivity contribution in [3.8, 4) is 11.5 Å². The van der Waals surface area contributed by atoms with Crippen molar-refractivity contribution in [2.75, 3.05) is 14.2 Å². The highest BCUT2D eigenvalue weighted by Gasteiger charge is 2.34. The Morgan fingerprint density at radius 3 is 2.37 bits per heavy atom. The first-order chi connectivity index (χ1) is 14.3. The van der Waals surface area contributed by atoms with E-state index in [2.05, 4.69) is 21.2 Å². The number of hydrogen-bond donors (Lipinski definition) is 1. The molecule has 0 unspecified atom stereocenters. The highest BCUT2D eigenvalue weighted by Crippen LogP contribution is 2.42. The van der Waals surface area contributed by atoms with Crippen LogP contribution in [0.5, 0.6) is 11.5 Å². The van der Waals surface area contributed by atoms with Gasteiger partial charge in [-0.15, -0.1) is 0 Å². The Hall–Kier alpha value is -2.80. The van der Waals surface area contributed by atoms with Crippen molar-refractivity contribution in [3.63, 3.8) is 0 Å². The summed E-state index contributed by atoms with van der Waals surface area (Å²) in [6.45, 7) is 3.87. The number of esters is 1. The van der Waals surface area contributed by atoms with Crippen molar-refractivity contribution in [3.05, 3.63) is 68.8 Å². The van der Waals surface area contributed by atoms with E-state index in [0.29, 0.717) is 22.8 Å². The van der Waals surface area contributed by atoms with Gasteiger partial charge in [0, 0.05) is 22.5 Å². The quantitative estimate of drug-likeness (QED) is 0.629. The van der Waals surface area contributed by atoms with Gasteiger partial charge in [0.1, 0.15) is 6.61 Å². The molecule has 1 atom stereocenters. The van der Waals surface area contributed by atoms with Gasteiger partial charge < -0.3 is 19.5 Å². The topological polar surface area (TPSA) is 73.9 Å². The van der Waals surface area contributed by atoms with Crippen molar-refractivity contribution in [1.82, 2.24) is 5.32 Å². The van der Waals surface area contributed by atoms with E-state index in [1.165, 1.54) is 0 Å². The van der Waals surface area contributed by atoms with Crippen LogP contribution in [0.4, 0.5) is 0 Å². The molecule has 1 N–H and O–H groups in total. The molecule has 0 aliphatic carbocycles.